The molecule has 1 aromatic rings. The first-order valence-electron chi connectivity index (χ1n) is 5.10. The van der Waals surface area contributed by atoms with Crippen LogP contribution in [0.15, 0.2) is 23.1 Å². The van der Waals surface area contributed by atoms with Gasteiger partial charge in [-0.05, 0) is 30.5 Å². The van der Waals surface area contributed by atoms with Gasteiger partial charge in [0.15, 0.2) is 9.84 Å². The van der Waals surface area contributed by atoms with Crippen LogP contribution in [0.5, 0.6) is 0 Å². The Kier molecular flexibility index (Phi) is 2.77. The zero-order valence-electron chi connectivity index (χ0n) is 9.03. The Morgan fingerprint density at radius 3 is 2.50 bits per heavy atom. The summed E-state index contributed by atoms with van der Waals surface area (Å²) in [4.78, 5) is 0.322. The maximum absolute atomic E-state index is 11.7. The molecule has 3 nitrogen and oxygen atoms in total. The predicted molar refractivity (Wildman–Crippen MR) is 64.5 cm³/mol. The summed E-state index contributed by atoms with van der Waals surface area (Å²) in [6.07, 6.45) is 3.03. The quantitative estimate of drug-likeness (QED) is 0.899. The lowest BCUT2D eigenvalue weighted by Gasteiger charge is -2.18. The smallest absolute Gasteiger partial charge is 0.175 e. The standard InChI is InChI=1S/C11H14ClNO2S/c1-16(14,15)9-4-2-3-8(12)10(9)11(7-13)5-6-11/h2-4H,5-7,13H2,1H3. The first-order valence-corrected chi connectivity index (χ1v) is 7.37. The molecular weight excluding hydrogens is 246 g/mol. The number of benzene rings is 1. The molecule has 0 atom stereocenters. The normalized spacial score (nSPS) is 18.4. The Morgan fingerprint density at radius 2 is 2.06 bits per heavy atom. The lowest BCUT2D eigenvalue weighted by Crippen LogP contribution is -2.22. The fourth-order valence-corrected chi connectivity index (χ4v) is 3.49. The third-order valence-corrected chi connectivity index (χ3v) is 4.60. The van der Waals surface area contributed by atoms with Crippen molar-refractivity contribution in [2.45, 2.75) is 23.2 Å². The van der Waals surface area contributed by atoms with Gasteiger partial charge in [0.2, 0.25) is 0 Å². The van der Waals surface area contributed by atoms with E-state index in [-0.39, 0.29) is 5.41 Å². The first-order chi connectivity index (χ1) is 7.41. The Hall–Kier alpha value is -0.580. The van der Waals surface area contributed by atoms with Gasteiger partial charge in [-0.25, -0.2) is 8.42 Å². The highest BCUT2D eigenvalue weighted by atomic mass is 35.5. The van der Waals surface area contributed by atoms with Crippen molar-refractivity contribution in [2.75, 3.05) is 12.8 Å². The topological polar surface area (TPSA) is 60.2 Å². The summed E-state index contributed by atoms with van der Waals surface area (Å²) in [5, 5.41) is 0.505. The summed E-state index contributed by atoms with van der Waals surface area (Å²) < 4.78 is 23.4. The lowest BCUT2D eigenvalue weighted by molar-refractivity contribution is 0.596. The van der Waals surface area contributed by atoms with Crippen LogP contribution in [0.3, 0.4) is 0 Å². The molecule has 0 radical (unpaired) electrons. The van der Waals surface area contributed by atoms with Gasteiger partial charge in [-0.2, -0.15) is 0 Å². The van der Waals surface area contributed by atoms with E-state index >= 15 is 0 Å². The van der Waals surface area contributed by atoms with Crippen LogP contribution in [0.25, 0.3) is 0 Å². The molecule has 16 heavy (non-hydrogen) atoms. The van der Waals surface area contributed by atoms with Crippen molar-refractivity contribution in [1.29, 1.82) is 0 Å². The van der Waals surface area contributed by atoms with Crippen LogP contribution in [-0.4, -0.2) is 21.2 Å². The molecule has 0 spiro atoms. The van der Waals surface area contributed by atoms with E-state index in [4.69, 9.17) is 17.3 Å². The van der Waals surface area contributed by atoms with Crippen LogP contribution in [0.1, 0.15) is 18.4 Å². The van der Waals surface area contributed by atoms with Crippen molar-refractivity contribution in [3.63, 3.8) is 0 Å². The molecule has 1 fully saturated rings. The van der Waals surface area contributed by atoms with E-state index in [0.29, 0.717) is 22.0 Å². The van der Waals surface area contributed by atoms with Crippen LogP contribution >= 0.6 is 11.6 Å². The van der Waals surface area contributed by atoms with Gasteiger partial charge < -0.3 is 5.73 Å². The molecular formula is C11H14ClNO2S. The van der Waals surface area contributed by atoms with Crippen molar-refractivity contribution < 1.29 is 8.42 Å². The van der Waals surface area contributed by atoms with E-state index in [1.54, 1.807) is 18.2 Å². The van der Waals surface area contributed by atoms with E-state index in [1.165, 1.54) is 6.26 Å². The maximum Gasteiger partial charge on any atom is 0.175 e. The Morgan fingerprint density at radius 1 is 1.44 bits per heavy atom. The van der Waals surface area contributed by atoms with Crippen molar-refractivity contribution in [3.05, 3.63) is 28.8 Å². The third kappa shape index (κ3) is 1.85. The number of sulfone groups is 1. The maximum atomic E-state index is 11.7. The highest BCUT2D eigenvalue weighted by Crippen LogP contribution is 2.51. The molecule has 88 valence electrons. The minimum Gasteiger partial charge on any atom is -0.330 e. The zero-order chi connectivity index (χ0) is 12.0. The number of hydrogen-bond acceptors (Lipinski definition) is 3. The second-order valence-corrected chi connectivity index (χ2v) is 6.76. The number of rotatable bonds is 3. The number of halogens is 1. The highest BCUT2D eigenvalue weighted by molar-refractivity contribution is 7.90. The van der Waals surface area contributed by atoms with Gasteiger partial charge >= 0.3 is 0 Å². The fraction of sp³-hybridized carbons (Fsp3) is 0.455. The molecule has 0 saturated heterocycles. The highest BCUT2D eigenvalue weighted by Gasteiger charge is 2.46. The molecule has 0 heterocycles. The van der Waals surface area contributed by atoms with Gasteiger partial charge in [-0.15, -0.1) is 0 Å². The van der Waals surface area contributed by atoms with Gasteiger partial charge in [0, 0.05) is 23.2 Å². The summed E-state index contributed by atoms with van der Waals surface area (Å²) in [6, 6.07) is 4.99. The van der Waals surface area contributed by atoms with Crippen molar-refractivity contribution >= 4 is 21.4 Å². The van der Waals surface area contributed by atoms with Gasteiger partial charge in [0.25, 0.3) is 0 Å². The largest absolute Gasteiger partial charge is 0.330 e. The van der Waals surface area contributed by atoms with Crippen LogP contribution in [-0.2, 0) is 15.3 Å². The van der Waals surface area contributed by atoms with Gasteiger partial charge in [0.1, 0.15) is 0 Å². The molecule has 0 aliphatic heterocycles. The van der Waals surface area contributed by atoms with Gasteiger partial charge in [-0.3, -0.25) is 0 Å². The number of hydrogen-bond donors (Lipinski definition) is 1. The molecule has 1 aliphatic rings. The molecule has 1 aliphatic carbocycles. The van der Waals surface area contributed by atoms with E-state index in [2.05, 4.69) is 0 Å². The molecule has 0 amide bonds. The van der Waals surface area contributed by atoms with Gasteiger partial charge in [-0.1, -0.05) is 17.7 Å². The van der Waals surface area contributed by atoms with Crippen molar-refractivity contribution in [2.24, 2.45) is 5.73 Å². The zero-order valence-corrected chi connectivity index (χ0v) is 10.6. The molecule has 1 aromatic carbocycles. The van der Waals surface area contributed by atoms with Crippen LogP contribution < -0.4 is 5.73 Å². The Balaban J connectivity index is 2.68. The molecule has 0 aromatic heterocycles. The van der Waals surface area contributed by atoms with E-state index in [1.807, 2.05) is 0 Å². The average Bonchev–Trinajstić information content (AvgIpc) is 2.96. The van der Waals surface area contributed by atoms with Crippen molar-refractivity contribution in [1.82, 2.24) is 0 Å². The second kappa shape index (κ2) is 3.72. The first kappa shape index (κ1) is 11.9. The van der Waals surface area contributed by atoms with E-state index < -0.39 is 9.84 Å². The average molecular weight is 260 g/mol. The molecule has 2 rings (SSSR count). The summed E-state index contributed by atoms with van der Waals surface area (Å²) in [7, 11) is -3.25. The third-order valence-electron chi connectivity index (χ3n) is 3.15. The minimum absolute atomic E-state index is 0.212. The predicted octanol–water partition coefficient (Wildman–Crippen LogP) is 1.73. The van der Waals surface area contributed by atoms with Crippen LogP contribution in [0.2, 0.25) is 5.02 Å². The minimum atomic E-state index is -3.25. The monoisotopic (exact) mass is 259 g/mol. The second-order valence-electron chi connectivity index (χ2n) is 4.37. The Bertz CT molecular complexity index is 521. The molecule has 0 unspecified atom stereocenters. The van der Waals surface area contributed by atoms with E-state index in [9.17, 15) is 8.42 Å². The molecule has 5 heteroatoms. The van der Waals surface area contributed by atoms with Crippen LogP contribution in [0.4, 0.5) is 0 Å². The van der Waals surface area contributed by atoms with Gasteiger partial charge in [0.05, 0.1) is 4.90 Å². The Labute approximate surface area is 101 Å². The molecule has 2 N–H and O–H groups in total. The number of nitrogens with two attached hydrogens (primary N) is 1. The molecule has 1 saturated carbocycles. The van der Waals surface area contributed by atoms with Crippen molar-refractivity contribution in [3.8, 4) is 0 Å². The fourth-order valence-electron chi connectivity index (χ4n) is 2.04. The van der Waals surface area contributed by atoms with Crippen LogP contribution in [0, 0.1) is 0 Å². The summed E-state index contributed by atoms with van der Waals surface area (Å²) in [5.74, 6) is 0. The van der Waals surface area contributed by atoms with E-state index in [0.717, 1.165) is 12.8 Å². The molecule has 0 bridgehead atoms. The summed E-state index contributed by atoms with van der Waals surface area (Å²) >= 11 is 6.12. The lowest BCUT2D eigenvalue weighted by atomic mass is 9.96. The SMILES string of the molecule is CS(=O)(=O)c1cccc(Cl)c1C1(CN)CC1. The summed E-state index contributed by atoms with van der Waals surface area (Å²) in [6.45, 7) is 0.444. The summed E-state index contributed by atoms with van der Waals surface area (Å²) in [5.41, 5.74) is 6.23.